The summed E-state index contributed by atoms with van der Waals surface area (Å²) in [6, 6.07) is 16.6. The lowest BCUT2D eigenvalue weighted by Gasteiger charge is -2.15. The van der Waals surface area contributed by atoms with Crippen molar-refractivity contribution in [3.63, 3.8) is 0 Å². The third-order valence-electron chi connectivity index (χ3n) is 4.70. The van der Waals surface area contributed by atoms with Crippen LogP contribution in [0.3, 0.4) is 0 Å². The Morgan fingerprint density at radius 1 is 1.04 bits per heavy atom. The number of anilines is 1. The molecular formula is C21H21N5O. The second kappa shape index (κ2) is 7.17. The van der Waals surface area contributed by atoms with Crippen molar-refractivity contribution in [1.29, 1.82) is 0 Å². The fourth-order valence-electron chi connectivity index (χ4n) is 3.19. The third kappa shape index (κ3) is 3.27. The van der Waals surface area contributed by atoms with Crippen molar-refractivity contribution >= 4 is 11.6 Å². The van der Waals surface area contributed by atoms with Crippen molar-refractivity contribution in [1.82, 2.24) is 19.6 Å². The second-order valence-corrected chi connectivity index (χ2v) is 6.48. The standard InChI is InChI=1S/C21H21N5O/c1-15-17(16-7-4-3-5-8-16)9-6-10-18(15)19-14-26-21(23-19)22-13-20(24-26)25(2)11-12-27/h3-10,13-14,27H,11-12H2,1-2H3. The molecule has 136 valence electrons. The average molecular weight is 359 g/mol. The molecule has 1 N–H and O–H groups in total. The first-order valence-corrected chi connectivity index (χ1v) is 8.87. The lowest BCUT2D eigenvalue weighted by atomic mass is 9.95. The second-order valence-electron chi connectivity index (χ2n) is 6.48. The van der Waals surface area contributed by atoms with E-state index in [0.717, 1.165) is 11.3 Å². The molecule has 0 radical (unpaired) electrons. The number of aliphatic hydroxyl groups excluding tert-OH is 1. The summed E-state index contributed by atoms with van der Waals surface area (Å²) >= 11 is 0. The van der Waals surface area contributed by atoms with E-state index >= 15 is 0 Å². The molecule has 0 aliphatic carbocycles. The summed E-state index contributed by atoms with van der Waals surface area (Å²) < 4.78 is 1.69. The Balaban J connectivity index is 1.76. The summed E-state index contributed by atoms with van der Waals surface area (Å²) in [6.07, 6.45) is 3.57. The minimum absolute atomic E-state index is 0.0663. The molecule has 0 bridgehead atoms. The molecule has 2 aromatic carbocycles. The van der Waals surface area contributed by atoms with Crippen LogP contribution in [0.4, 0.5) is 5.82 Å². The Morgan fingerprint density at radius 3 is 2.59 bits per heavy atom. The van der Waals surface area contributed by atoms with Gasteiger partial charge in [0.25, 0.3) is 5.78 Å². The monoisotopic (exact) mass is 359 g/mol. The highest BCUT2D eigenvalue weighted by atomic mass is 16.3. The maximum Gasteiger partial charge on any atom is 0.251 e. The third-order valence-corrected chi connectivity index (χ3v) is 4.70. The zero-order valence-corrected chi connectivity index (χ0v) is 15.4. The summed E-state index contributed by atoms with van der Waals surface area (Å²) in [7, 11) is 1.87. The van der Waals surface area contributed by atoms with E-state index in [0.29, 0.717) is 18.1 Å². The zero-order chi connectivity index (χ0) is 18.8. The van der Waals surface area contributed by atoms with E-state index in [2.05, 4.69) is 52.3 Å². The molecule has 0 amide bonds. The van der Waals surface area contributed by atoms with Crippen LogP contribution in [-0.2, 0) is 0 Å². The SMILES string of the molecule is Cc1c(-c2ccccc2)cccc1-c1cn2nc(N(C)CCO)cnc2n1. The minimum atomic E-state index is 0.0663. The van der Waals surface area contributed by atoms with Crippen LogP contribution in [0.2, 0.25) is 0 Å². The van der Waals surface area contributed by atoms with Gasteiger partial charge in [-0.25, -0.2) is 14.5 Å². The van der Waals surface area contributed by atoms with Gasteiger partial charge < -0.3 is 10.0 Å². The van der Waals surface area contributed by atoms with E-state index in [4.69, 9.17) is 5.11 Å². The van der Waals surface area contributed by atoms with Crippen molar-refractivity contribution in [2.24, 2.45) is 0 Å². The maximum atomic E-state index is 9.11. The van der Waals surface area contributed by atoms with Crippen molar-refractivity contribution in [2.45, 2.75) is 6.92 Å². The van der Waals surface area contributed by atoms with Crippen LogP contribution in [0.15, 0.2) is 60.9 Å². The fraction of sp³-hybridized carbons (Fsp3) is 0.190. The number of aromatic nitrogens is 4. The Labute approximate surface area is 157 Å². The number of hydrogen-bond acceptors (Lipinski definition) is 5. The first kappa shape index (κ1) is 17.2. The van der Waals surface area contributed by atoms with Gasteiger partial charge in [0.1, 0.15) is 0 Å². The summed E-state index contributed by atoms with van der Waals surface area (Å²) in [5.74, 6) is 1.24. The van der Waals surface area contributed by atoms with Gasteiger partial charge in [-0.2, -0.15) is 0 Å². The topological polar surface area (TPSA) is 66.5 Å². The van der Waals surface area contributed by atoms with Gasteiger partial charge in [-0.05, 0) is 23.6 Å². The van der Waals surface area contributed by atoms with Crippen molar-refractivity contribution in [3.8, 4) is 22.4 Å². The van der Waals surface area contributed by atoms with Crippen LogP contribution >= 0.6 is 0 Å². The summed E-state index contributed by atoms with van der Waals surface area (Å²) in [4.78, 5) is 10.9. The van der Waals surface area contributed by atoms with Gasteiger partial charge in [0.15, 0.2) is 5.82 Å². The number of likely N-dealkylation sites (N-methyl/N-ethyl adjacent to an activating group) is 1. The van der Waals surface area contributed by atoms with Gasteiger partial charge in [0.2, 0.25) is 0 Å². The predicted octanol–water partition coefficient (Wildman–Crippen LogP) is 3.20. The molecule has 2 heterocycles. The van der Waals surface area contributed by atoms with E-state index in [-0.39, 0.29) is 6.61 Å². The molecular weight excluding hydrogens is 338 g/mol. The van der Waals surface area contributed by atoms with Gasteiger partial charge in [-0.3, -0.25) is 0 Å². The number of benzene rings is 2. The Morgan fingerprint density at radius 2 is 1.81 bits per heavy atom. The largest absolute Gasteiger partial charge is 0.395 e. The molecule has 0 unspecified atom stereocenters. The quantitative estimate of drug-likeness (QED) is 0.593. The Kier molecular flexibility index (Phi) is 4.56. The lowest BCUT2D eigenvalue weighted by molar-refractivity contribution is 0.303. The summed E-state index contributed by atoms with van der Waals surface area (Å²) in [5, 5.41) is 13.7. The predicted molar refractivity (Wildman–Crippen MR) is 107 cm³/mol. The molecule has 27 heavy (non-hydrogen) atoms. The van der Waals surface area contributed by atoms with Crippen LogP contribution < -0.4 is 4.90 Å². The van der Waals surface area contributed by atoms with Crippen LogP contribution in [0, 0.1) is 6.92 Å². The Hall–Kier alpha value is -3.25. The highest BCUT2D eigenvalue weighted by molar-refractivity contribution is 5.77. The Bertz CT molecular complexity index is 1070. The normalized spacial score (nSPS) is 11.1. The molecule has 0 spiro atoms. The first-order chi connectivity index (χ1) is 13.2. The highest BCUT2D eigenvalue weighted by Crippen LogP contribution is 2.31. The van der Waals surface area contributed by atoms with Crippen LogP contribution in [0.1, 0.15) is 5.56 Å². The molecule has 0 saturated carbocycles. The molecule has 0 aliphatic heterocycles. The average Bonchev–Trinajstić information content (AvgIpc) is 3.12. The molecule has 6 nitrogen and oxygen atoms in total. The molecule has 4 aromatic rings. The molecule has 6 heteroatoms. The van der Waals surface area contributed by atoms with E-state index in [1.165, 1.54) is 16.7 Å². The zero-order valence-electron chi connectivity index (χ0n) is 15.4. The van der Waals surface area contributed by atoms with Crippen LogP contribution in [0.5, 0.6) is 0 Å². The molecule has 2 aromatic heterocycles. The van der Waals surface area contributed by atoms with Crippen LogP contribution in [0.25, 0.3) is 28.2 Å². The first-order valence-electron chi connectivity index (χ1n) is 8.87. The smallest absolute Gasteiger partial charge is 0.251 e. The van der Waals surface area contributed by atoms with Crippen LogP contribution in [-0.4, -0.2) is 44.9 Å². The number of nitrogens with zero attached hydrogens (tertiary/aromatic N) is 5. The molecule has 0 atom stereocenters. The van der Waals surface area contributed by atoms with Gasteiger partial charge in [0.05, 0.1) is 24.7 Å². The number of aliphatic hydroxyl groups is 1. The molecule has 0 fully saturated rings. The highest BCUT2D eigenvalue weighted by Gasteiger charge is 2.13. The molecule has 4 rings (SSSR count). The van der Waals surface area contributed by atoms with Crippen molar-refractivity contribution in [2.75, 3.05) is 25.1 Å². The van der Waals surface area contributed by atoms with Gasteiger partial charge in [-0.15, -0.1) is 5.10 Å². The number of rotatable bonds is 5. The number of hydrogen-bond donors (Lipinski definition) is 1. The van der Waals surface area contributed by atoms with Gasteiger partial charge in [-0.1, -0.05) is 48.5 Å². The van der Waals surface area contributed by atoms with Gasteiger partial charge in [0, 0.05) is 19.2 Å². The maximum absolute atomic E-state index is 9.11. The molecule has 0 saturated heterocycles. The lowest BCUT2D eigenvalue weighted by Crippen LogP contribution is -2.23. The van der Waals surface area contributed by atoms with Crippen molar-refractivity contribution < 1.29 is 5.11 Å². The fourth-order valence-corrected chi connectivity index (χ4v) is 3.19. The minimum Gasteiger partial charge on any atom is -0.395 e. The van der Waals surface area contributed by atoms with Gasteiger partial charge >= 0.3 is 0 Å². The van der Waals surface area contributed by atoms with E-state index in [9.17, 15) is 0 Å². The van der Waals surface area contributed by atoms with E-state index in [1.54, 1.807) is 10.7 Å². The molecule has 0 aliphatic rings. The number of imidazole rings is 1. The number of fused-ring (bicyclic) bond motifs is 1. The van der Waals surface area contributed by atoms with E-state index < -0.39 is 0 Å². The summed E-state index contributed by atoms with van der Waals surface area (Å²) in [5.41, 5.74) is 5.45. The summed E-state index contributed by atoms with van der Waals surface area (Å²) in [6.45, 7) is 2.68. The van der Waals surface area contributed by atoms with E-state index in [1.807, 2.05) is 36.3 Å². The van der Waals surface area contributed by atoms with Crippen molar-refractivity contribution in [3.05, 3.63) is 66.5 Å².